The average Bonchev–Trinajstić information content (AvgIpc) is 3.42. The highest BCUT2D eigenvalue weighted by molar-refractivity contribution is 7.09. The van der Waals surface area contributed by atoms with Gasteiger partial charge in [-0.25, -0.2) is 14.2 Å². The highest BCUT2D eigenvalue weighted by Gasteiger charge is 2.33. The molecule has 0 amide bonds. The number of aromatic nitrogens is 3. The van der Waals surface area contributed by atoms with E-state index in [4.69, 9.17) is 0 Å². The third-order valence-electron chi connectivity index (χ3n) is 5.80. The van der Waals surface area contributed by atoms with E-state index in [9.17, 15) is 37.9 Å². The molecule has 0 saturated carbocycles. The number of fused-ring (bicyclic) bond motifs is 2. The minimum absolute atomic E-state index is 0.0415. The molecule has 36 heavy (non-hydrogen) atoms. The fourth-order valence-electron chi connectivity index (χ4n) is 4.20. The first-order valence-corrected chi connectivity index (χ1v) is 11.2. The number of rotatable bonds is 4. The highest BCUT2D eigenvalue weighted by atomic mass is 32.1. The van der Waals surface area contributed by atoms with Gasteiger partial charge in [-0.05, 0) is 29.8 Å². The Kier molecular flexibility index (Phi) is 5.30. The van der Waals surface area contributed by atoms with Crippen molar-refractivity contribution in [2.24, 2.45) is 0 Å². The van der Waals surface area contributed by atoms with Gasteiger partial charge in [0.2, 0.25) is 0 Å². The lowest BCUT2D eigenvalue weighted by Gasteiger charge is -2.11. The Balaban J connectivity index is 1.94. The van der Waals surface area contributed by atoms with Crippen molar-refractivity contribution >= 4 is 39.1 Å². The molecule has 0 atom stereocenters. The van der Waals surface area contributed by atoms with Crippen molar-refractivity contribution in [3.05, 3.63) is 96.4 Å². The van der Waals surface area contributed by atoms with E-state index in [0.29, 0.717) is 16.2 Å². The fraction of sp³-hybridized carbons (Fsp3) is 0.0833. The van der Waals surface area contributed by atoms with Crippen LogP contribution in [0, 0.1) is 11.3 Å². The molecule has 0 saturated heterocycles. The second-order valence-corrected chi connectivity index (χ2v) is 8.60. The molecule has 0 aliphatic carbocycles. The van der Waals surface area contributed by atoms with Crippen LogP contribution in [0.15, 0.2) is 62.8 Å². The van der Waals surface area contributed by atoms with E-state index in [0.717, 1.165) is 23.5 Å². The van der Waals surface area contributed by atoms with Gasteiger partial charge in [0.05, 0.1) is 39.3 Å². The van der Waals surface area contributed by atoms with Crippen LogP contribution >= 0.6 is 11.3 Å². The fourth-order valence-corrected chi connectivity index (χ4v) is 4.96. The smallest absolute Gasteiger partial charge is 0.416 e. The third kappa shape index (κ3) is 3.57. The standard InChI is InChI=1S/C24H13F3N4O4S/c25-24(26,27)14-5-6-18-15(7-14)19(31-21(32)16-10-36-11-17(16)29-23(31)35)20(22(33)34)30(18)9-13-4-2-1-3-12(13)8-28/h1-7,10-11H,9H2,(H,29,35)(H,33,34). The summed E-state index contributed by atoms with van der Waals surface area (Å²) in [5.41, 5.74) is -3.10. The molecular formula is C24H13F3N4O4S. The molecular weight excluding hydrogens is 497 g/mol. The van der Waals surface area contributed by atoms with Crippen LogP contribution in [-0.2, 0) is 12.7 Å². The monoisotopic (exact) mass is 510 g/mol. The van der Waals surface area contributed by atoms with Crippen molar-refractivity contribution in [3.63, 3.8) is 0 Å². The molecule has 0 unspecified atom stereocenters. The van der Waals surface area contributed by atoms with Crippen LogP contribution in [0.3, 0.4) is 0 Å². The number of nitrogens with zero attached hydrogens (tertiary/aromatic N) is 3. The number of aromatic amines is 1. The Morgan fingerprint density at radius 3 is 2.56 bits per heavy atom. The number of nitriles is 1. The first-order valence-electron chi connectivity index (χ1n) is 10.3. The number of hydrogen-bond donors (Lipinski definition) is 2. The summed E-state index contributed by atoms with van der Waals surface area (Å²) in [6.07, 6.45) is -4.76. The van der Waals surface area contributed by atoms with Crippen LogP contribution < -0.4 is 11.2 Å². The van der Waals surface area contributed by atoms with Gasteiger partial charge in [0.25, 0.3) is 5.56 Å². The van der Waals surface area contributed by atoms with Crippen LogP contribution in [-0.4, -0.2) is 25.2 Å². The molecule has 0 radical (unpaired) electrons. The number of halogens is 3. The predicted molar refractivity (Wildman–Crippen MR) is 126 cm³/mol. The number of nitrogens with one attached hydrogen (secondary N) is 1. The van der Waals surface area contributed by atoms with Gasteiger partial charge in [0.1, 0.15) is 0 Å². The van der Waals surface area contributed by atoms with Gasteiger partial charge < -0.3 is 14.7 Å². The number of aromatic carboxylic acids is 1. The van der Waals surface area contributed by atoms with Crippen molar-refractivity contribution < 1.29 is 23.1 Å². The summed E-state index contributed by atoms with van der Waals surface area (Å²) < 4.78 is 42.5. The van der Waals surface area contributed by atoms with Gasteiger partial charge >= 0.3 is 17.8 Å². The topological polar surface area (TPSA) is 121 Å². The second-order valence-electron chi connectivity index (χ2n) is 7.86. The number of thiophene rings is 1. The van der Waals surface area contributed by atoms with E-state index in [1.54, 1.807) is 18.2 Å². The minimum atomic E-state index is -4.76. The van der Waals surface area contributed by atoms with Crippen LogP contribution in [0.4, 0.5) is 13.2 Å². The largest absolute Gasteiger partial charge is 0.477 e. The zero-order chi connectivity index (χ0) is 25.8. The van der Waals surface area contributed by atoms with E-state index in [2.05, 4.69) is 4.98 Å². The quantitative estimate of drug-likeness (QED) is 0.373. The molecule has 8 nitrogen and oxygen atoms in total. The van der Waals surface area contributed by atoms with Gasteiger partial charge in [0.15, 0.2) is 5.69 Å². The van der Waals surface area contributed by atoms with Gasteiger partial charge in [0, 0.05) is 22.7 Å². The number of carbonyl (C=O) groups is 1. The van der Waals surface area contributed by atoms with Gasteiger partial charge in [-0.2, -0.15) is 18.4 Å². The number of benzene rings is 2. The van der Waals surface area contributed by atoms with Crippen molar-refractivity contribution in [3.8, 4) is 11.8 Å². The molecule has 2 N–H and O–H groups in total. The molecule has 0 bridgehead atoms. The first kappa shape index (κ1) is 23.1. The van der Waals surface area contributed by atoms with E-state index < -0.39 is 40.3 Å². The molecule has 5 aromatic rings. The Labute approximate surface area is 202 Å². The average molecular weight is 510 g/mol. The molecule has 0 aliphatic heterocycles. The summed E-state index contributed by atoms with van der Waals surface area (Å²) in [7, 11) is 0. The SMILES string of the molecule is N#Cc1ccccc1Cn1c(C(=O)O)c(-n2c(=O)[nH]c3cscc3c2=O)c2cc(C(F)(F)F)ccc21. The van der Waals surface area contributed by atoms with Crippen molar-refractivity contribution in [1.29, 1.82) is 5.26 Å². The van der Waals surface area contributed by atoms with E-state index >= 15 is 0 Å². The van der Waals surface area contributed by atoms with E-state index in [1.165, 1.54) is 21.4 Å². The molecule has 3 heterocycles. The second kappa shape index (κ2) is 8.24. The lowest BCUT2D eigenvalue weighted by atomic mass is 10.1. The molecule has 12 heteroatoms. The van der Waals surface area contributed by atoms with Crippen LogP contribution in [0.1, 0.15) is 27.2 Å². The molecule has 2 aromatic carbocycles. The summed E-state index contributed by atoms with van der Waals surface area (Å²) in [4.78, 5) is 41.2. The number of H-pyrrole nitrogens is 1. The maximum Gasteiger partial charge on any atom is 0.416 e. The Morgan fingerprint density at radius 1 is 1.11 bits per heavy atom. The Bertz CT molecular complexity index is 1850. The van der Waals surface area contributed by atoms with Crippen molar-refractivity contribution in [1.82, 2.24) is 14.1 Å². The zero-order valence-electron chi connectivity index (χ0n) is 18.0. The van der Waals surface area contributed by atoms with Gasteiger partial charge in [-0.15, -0.1) is 11.3 Å². The first-order chi connectivity index (χ1) is 17.1. The van der Waals surface area contributed by atoms with Gasteiger partial charge in [-0.1, -0.05) is 18.2 Å². The van der Waals surface area contributed by atoms with Crippen molar-refractivity contribution in [2.45, 2.75) is 12.7 Å². The number of alkyl halides is 3. The van der Waals surface area contributed by atoms with Crippen LogP contribution in [0.5, 0.6) is 0 Å². The van der Waals surface area contributed by atoms with E-state index in [-0.39, 0.29) is 33.9 Å². The Morgan fingerprint density at radius 2 is 1.86 bits per heavy atom. The van der Waals surface area contributed by atoms with Gasteiger partial charge in [-0.3, -0.25) is 4.79 Å². The van der Waals surface area contributed by atoms with Crippen molar-refractivity contribution in [2.75, 3.05) is 0 Å². The predicted octanol–water partition coefficient (Wildman–Crippen LogP) is 4.33. The molecule has 5 rings (SSSR count). The summed E-state index contributed by atoms with van der Waals surface area (Å²) in [5.74, 6) is -1.57. The van der Waals surface area contributed by atoms with Crippen LogP contribution in [0.25, 0.3) is 27.5 Å². The number of carboxylic acids is 1. The van der Waals surface area contributed by atoms with E-state index in [1.807, 2.05) is 6.07 Å². The minimum Gasteiger partial charge on any atom is -0.477 e. The normalized spacial score (nSPS) is 11.7. The van der Waals surface area contributed by atoms with Crippen LogP contribution in [0.2, 0.25) is 0 Å². The molecule has 3 aromatic heterocycles. The summed E-state index contributed by atoms with van der Waals surface area (Å²) in [6.45, 7) is -0.208. The summed E-state index contributed by atoms with van der Waals surface area (Å²) in [5, 5.41) is 22.4. The molecule has 180 valence electrons. The molecule has 0 spiro atoms. The molecule has 0 fully saturated rings. The maximum absolute atomic E-state index is 13.6. The maximum atomic E-state index is 13.6. The lowest BCUT2D eigenvalue weighted by Crippen LogP contribution is -2.34. The highest BCUT2D eigenvalue weighted by Crippen LogP contribution is 2.36. The Hall–Kier alpha value is -4.63. The summed E-state index contributed by atoms with van der Waals surface area (Å²) >= 11 is 1.13. The number of hydrogen-bond acceptors (Lipinski definition) is 5. The molecule has 0 aliphatic rings. The number of carboxylic acid groups (broad SMARTS) is 1. The lowest BCUT2D eigenvalue weighted by molar-refractivity contribution is -0.137. The summed E-state index contributed by atoms with van der Waals surface area (Å²) in [6, 6.07) is 10.9. The zero-order valence-corrected chi connectivity index (χ0v) is 18.8. The third-order valence-corrected chi connectivity index (χ3v) is 6.54.